The van der Waals surface area contributed by atoms with E-state index in [4.69, 9.17) is 5.11 Å². The minimum atomic E-state index is -0.413. The van der Waals surface area contributed by atoms with Gasteiger partial charge in [-0.25, -0.2) is 4.98 Å². The second-order valence-corrected chi connectivity index (χ2v) is 4.64. The van der Waals surface area contributed by atoms with Gasteiger partial charge in [-0.15, -0.1) is 0 Å². The predicted molar refractivity (Wildman–Crippen MR) is 68.0 cm³/mol. The van der Waals surface area contributed by atoms with Crippen LogP contribution in [0.5, 0.6) is 0 Å². The molecule has 0 bridgehead atoms. The van der Waals surface area contributed by atoms with Crippen LogP contribution in [-0.2, 0) is 13.2 Å². The Morgan fingerprint density at radius 1 is 1.50 bits per heavy atom. The number of aromatic nitrogens is 2. The largest absolute Gasteiger partial charge is 0.390 e. The van der Waals surface area contributed by atoms with Crippen molar-refractivity contribution in [2.75, 3.05) is 0 Å². The van der Waals surface area contributed by atoms with E-state index in [9.17, 15) is 10.1 Å². The van der Waals surface area contributed by atoms with Crippen molar-refractivity contribution in [1.29, 1.82) is 0 Å². The fourth-order valence-electron chi connectivity index (χ4n) is 1.61. The summed E-state index contributed by atoms with van der Waals surface area (Å²) < 4.78 is 2.36. The zero-order valence-electron chi connectivity index (χ0n) is 9.28. The van der Waals surface area contributed by atoms with Gasteiger partial charge in [0.15, 0.2) is 0 Å². The molecule has 0 aliphatic heterocycles. The molecule has 0 amide bonds. The maximum absolute atomic E-state index is 10.9. The molecular formula is C11H10BrN3O3. The molecule has 6 nitrogen and oxygen atoms in total. The van der Waals surface area contributed by atoms with E-state index in [1.54, 1.807) is 22.9 Å². The SMILES string of the molecule is O=[N+]([O-])c1cc(Br)ccc1Cn1cnc(CO)c1. The Labute approximate surface area is 111 Å². The Kier molecular flexibility index (Phi) is 3.73. The van der Waals surface area contributed by atoms with Gasteiger partial charge in [-0.2, -0.15) is 0 Å². The van der Waals surface area contributed by atoms with E-state index in [0.29, 0.717) is 22.3 Å². The molecule has 94 valence electrons. The Hall–Kier alpha value is -1.73. The van der Waals surface area contributed by atoms with Gasteiger partial charge in [0.25, 0.3) is 5.69 Å². The van der Waals surface area contributed by atoms with Crippen molar-refractivity contribution >= 4 is 21.6 Å². The average Bonchev–Trinajstić information content (AvgIpc) is 2.79. The monoisotopic (exact) mass is 311 g/mol. The lowest BCUT2D eigenvalue weighted by atomic mass is 10.2. The Balaban J connectivity index is 2.30. The van der Waals surface area contributed by atoms with Gasteiger partial charge in [-0.05, 0) is 12.1 Å². The van der Waals surface area contributed by atoms with Crippen molar-refractivity contribution in [3.63, 3.8) is 0 Å². The number of hydrogen-bond acceptors (Lipinski definition) is 4. The highest BCUT2D eigenvalue weighted by Gasteiger charge is 2.14. The van der Waals surface area contributed by atoms with E-state index in [0.717, 1.165) is 0 Å². The van der Waals surface area contributed by atoms with Crippen LogP contribution in [0.15, 0.2) is 35.2 Å². The minimum absolute atomic E-state index is 0.0589. The van der Waals surface area contributed by atoms with E-state index >= 15 is 0 Å². The second-order valence-electron chi connectivity index (χ2n) is 3.73. The van der Waals surface area contributed by atoms with Gasteiger partial charge in [0.1, 0.15) is 0 Å². The molecule has 2 rings (SSSR count). The number of benzene rings is 1. The highest BCUT2D eigenvalue weighted by atomic mass is 79.9. The number of nitro benzene ring substituents is 1. The van der Waals surface area contributed by atoms with E-state index in [1.807, 2.05) is 0 Å². The molecule has 0 unspecified atom stereocenters. The van der Waals surface area contributed by atoms with Crippen molar-refractivity contribution < 1.29 is 10.0 Å². The topological polar surface area (TPSA) is 81.2 Å². The lowest BCUT2D eigenvalue weighted by Crippen LogP contribution is -2.01. The van der Waals surface area contributed by atoms with Crippen molar-refractivity contribution in [2.45, 2.75) is 13.2 Å². The third-order valence-electron chi connectivity index (χ3n) is 2.45. The summed E-state index contributed by atoms with van der Waals surface area (Å²) in [6, 6.07) is 4.92. The molecule has 0 atom stereocenters. The Bertz CT molecular complexity index is 583. The van der Waals surface area contributed by atoms with Gasteiger partial charge in [0.2, 0.25) is 0 Å². The summed E-state index contributed by atoms with van der Waals surface area (Å²) in [7, 11) is 0. The molecule has 18 heavy (non-hydrogen) atoms. The van der Waals surface area contributed by atoms with Gasteiger partial charge < -0.3 is 9.67 Å². The van der Waals surface area contributed by atoms with Crippen LogP contribution in [0.2, 0.25) is 0 Å². The summed E-state index contributed by atoms with van der Waals surface area (Å²) in [4.78, 5) is 14.5. The molecule has 1 aromatic heterocycles. The molecule has 0 radical (unpaired) electrons. The lowest BCUT2D eigenvalue weighted by Gasteiger charge is -2.04. The first-order chi connectivity index (χ1) is 8.60. The fourth-order valence-corrected chi connectivity index (χ4v) is 1.96. The first-order valence-electron chi connectivity index (χ1n) is 5.14. The van der Waals surface area contributed by atoms with Crippen molar-refractivity contribution in [2.24, 2.45) is 0 Å². The number of rotatable bonds is 4. The lowest BCUT2D eigenvalue weighted by molar-refractivity contribution is -0.385. The third-order valence-corrected chi connectivity index (χ3v) is 2.94. The van der Waals surface area contributed by atoms with Gasteiger partial charge in [-0.3, -0.25) is 10.1 Å². The highest BCUT2D eigenvalue weighted by molar-refractivity contribution is 9.10. The third kappa shape index (κ3) is 2.74. The van der Waals surface area contributed by atoms with E-state index < -0.39 is 4.92 Å². The van der Waals surface area contributed by atoms with Crippen LogP contribution in [0.25, 0.3) is 0 Å². The highest BCUT2D eigenvalue weighted by Crippen LogP contribution is 2.24. The zero-order valence-corrected chi connectivity index (χ0v) is 10.9. The summed E-state index contributed by atoms with van der Waals surface area (Å²) in [5, 5.41) is 19.9. The molecule has 1 N–H and O–H groups in total. The molecule has 0 saturated carbocycles. The quantitative estimate of drug-likeness (QED) is 0.692. The number of aliphatic hydroxyl groups is 1. The van der Waals surface area contributed by atoms with Gasteiger partial charge in [0, 0.05) is 22.3 Å². The van der Waals surface area contributed by atoms with Crippen LogP contribution >= 0.6 is 15.9 Å². The summed E-state index contributed by atoms with van der Waals surface area (Å²) in [6.45, 7) is 0.200. The average molecular weight is 312 g/mol. The van der Waals surface area contributed by atoms with Crippen LogP contribution in [0.1, 0.15) is 11.3 Å². The van der Waals surface area contributed by atoms with Crippen LogP contribution in [0.3, 0.4) is 0 Å². The molecule has 1 heterocycles. The molecular weight excluding hydrogens is 302 g/mol. The molecule has 2 aromatic rings. The minimum Gasteiger partial charge on any atom is -0.390 e. The smallest absolute Gasteiger partial charge is 0.275 e. The number of hydrogen-bond donors (Lipinski definition) is 1. The van der Waals surface area contributed by atoms with Gasteiger partial charge >= 0.3 is 0 Å². The number of halogens is 1. The molecule has 7 heteroatoms. The molecule has 0 fully saturated rings. The summed E-state index contributed by atoms with van der Waals surface area (Å²) in [5.74, 6) is 0. The molecule has 1 aromatic carbocycles. The molecule has 0 aliphatic carbocycles. The van der Waals surface area contributed by atoms with Crippen molar-refractivity contribution in [1.82, 2.24) is 9.55 Å². The van der Waals surface area contributed by atoms with Crippen molar-refractivity contribution in [3.8, 4) is 0 Å². The first-order valence-corrected chi connectivity index (χ1v) is 5.94. The Morgan fingerprint density at radius 2 is 2.28 bits per heavy atom. The predicted octanol–water partition coefficient (Wildman–Crippen LogP) is 2.09. The van der Waals surface area contributed by atoms with Crippen molar-refractivity contribution in [3.05, 3.63) is 56.6 Å². The van der Waals surface area contributed by atoms with Gasteiger partial charge in [-0.1, -0.05) is 15.9 Å². The van der Waals surface area contributed by atoms with Crippen LogP contribution in [0, 0.1) is 10.1 Å². The maximum Gasteiger partial charge on any atom is 0.275 e. The summed E-state index contributed by atoms with van der Waals surface area (Å²) in [6.07, 6.45) is 3.20. The number of imidazole rings is 1. The summed E-state index contributed by atoms with van der Waals surface area (Å²) >= 11 is 3.21. The number of nitro groups is 1. The van der Waals surface area contributed by atoms with Crippen LogP contribution < -0.4 is 0 Å². The van der Waals surface area contributed by atoms with Gasteiger partial charge in [0.05, 0.1) is 30.1 Å². The Morgan fingerprint density at radius 3 is 2.89 bits per heavy atom. The first kappa shape index (κ1) is 12.7. The normalized spacial score (nSPS) is 10.6. The molecule has 0 saturated heterocycles. The fraction of sp³-hybridized carbons (Fsp3) is 0.182. The van der Waals surface area contributed by atoms with E-state index in [2.05, 4.69) is 20.9 Å². The standard InChI is InChI=1S/C11H10BrN3O3/c12-9-2-1-8(11(3-9)15(17)18)4-14-5-10(6-16)13-7-14/h1-3,5,7,16H,4,6H2. The van der Waals surface area contributed by atoms with Crippen LogP contribution in [0.4, 0.5) is 5.69 Å². The molecule has 0 aliphatic rings. The zero-order chi connectivity index (χ0) is 13.1. The molecule has 0 spiro atoms. The second kappa shape index (κ2) is 5.28. The number of aliphatic hydroxyl groups excluding tert-OH is 1. The van der Waals surface area contributed by atoms with Crippen LogP contribution in [-0.4, -0.2) is 19.6 Å². The van der Waals surface area contributed by atoms with E-state index in [-0.39, 0.29) is 12.3 Å². The maximum atomic E-state index is 10.9. The summed E-state index contributed by atoms with van der Waals surface area (Å²) in [5.41, 5.74) is 1.18. The van der Waals surface area contributed by atoms with E-state index in [1.165, 1.54) is 12.4 Å². The number of nitrogens with zero attached hydrogens (tertiary/aromatic N) is 3.